The average molecular weight is 404 g/mol. The summed E-state index contributed by atoms with van der Waals surface area (Å²) in [5, 5.41) is 0. The summed E-state index contributed by atoms with van der Waals surface area (Å²) in [4.78, 5) is 32.5. The number of nitrogens with zero attached hydrogens (tertiary/aromatic N) is 2. The summed E-state index contributed by atoms with van der Waals surface area (Å²) >= 11 is 0. The standard InChI is InChI=1S/C24H24N2O4/c27-23(29-16-2-4-19-8-12-25-13-9-19)21-6-1-7-22(18-21)24(28)30-17-3-5-20-10-14-26-15-11-20/h1,6-15,18H,2-5,16-17H2. The van der Waals surface area contributed by atoms with Crippen molar-refractivity contribution in [2.75, 3.05) is 13.2 Å². The smallest absolute Gasteiger partial charge is 0.338 e. The van der Waals surface area contributed by atoms with Gasteiger partial charge in [-0.25, -0.2) is 9.59 Å². The Labute approximate surface area is 175 Å². The summed E-state index contributed by atoms with van der Waals surface area (Å²) in [6.07, 6.45) is 10.0. The van der Waals surface area contributed by atoms with Crippen LogP contribution in [0.3, 0.4) is 0 Å². The molecule has 0 saturated heterocycles. The molecule has 6 heteroatoms. The van der Waals surface area contributed by atoms with Crippen LogP contribution in [0.25, 0.3) is 0 Å². The Morgan fingerprint density at radius 3 is 1.53 bits per heavy atom. The van der Waals surface area contributed by atoms with E-state index in [1.54, 1.807) is 43.0 Å². The SMILES string of the molecule is O=C(OCCCc1ccncc1)c1cccc(C(=O)OCCCc2ccncc2)c1. The van der Waals surface area contributed by atoms with Gasteiger partial charge < -0.3 is 9.47 Å². The Hall–Kier alpha value is -3.54. The van der Waals surface area contributed by atoms with Crippen LogP contribution in [0.4, 0.5) is 0 Å². The third-order valence-corrected chi connectivity index (χ3v) is 4.52. The lowest BCUT2D eigenvalue weighted by Gasteiger charge is -2.08. The number of pyridine rings is 2. The molecule has 154 valence electrons. The van der Waals surface area contributed by atoms with Crippen molar-refractivity contribution < 1.29 is 19.1 Å². The Balaban J connectivity index is 1.41. The van der Waals surface area contributed by atoms with E-state index in [2.05, 4.69) is 9.97 Å². The Kier molecular flexibility index (Phi) is 8.09. The maximum atomic E-state index is 12.3. The molecule has 30 heavy (non-hydrogen) atoms. The van der Waals surface area contributed by atoms with Crippen molar-refractivity contribution in [1.29, 1.82) is 0 Å². The van der Waals surface area contributed by atoms with Gasteiger partial charge in [0.15, 0.2) is 0 Å². The second-order valence-electron chi connectivity index (χ2n) is 6.77. The number of hydrogen-bond acceptors (Lipinski definition) is 6. The highest BCUT2D eigenvalue weighted by Gasteiger charge is 2.12. The number of carbonyl (C=O) groups excluding carboxylic acids is 2. The van der Waals surface area contributed by atoms with Crippen LogP contribution >= 0.6 is 0 Å². The predicted molar refractivity (Wildman–Crippen MR) is 112 cm³/mol. The third-order valence-electron chi connectivity index (χ3n) is 4.52. The second-order valence-corrected chi connectivity index (χ2v) is 6.77. The van der Waals surface area contributed by atoms with E-state index >= 15 is 0 Å². The summed E-state index contributed by atoms with van der Waals surface area (Å²) in [6.45, 7) is 0.621. The largest absolute Gasteiger partial charge is 0.462 e. The first-order valence-electron chi connectivity index (χ1n) is 9.94. The molecule has 0 atom stereocenters. The van der Waals surface area contributed by atoms with E-state index in [-0.39, 0.29) is 0 Å². The summed E-state index contributed by atoms with van der Waals surface area (Å²) < 4.78 is 10.6. The zero-order valence-electron chi connectivity index (χ0n) is 16.7. The monoisotopic (exact) mass is 404 g/mol. The highest BCUT2D eigenvalue weighted by Crippen LogP contribution is 2.10. The molecule has 0 aliphatic heterocycles. The van der Waals surface area contributed by atoms with E-state index in [9.17, 15) is 9.59 Å². The molecule has 0 N–H and O–H groups in total. The molecule has 0 amide bonds. The molecular formula is C24H24N2O4. The molecule has 0 fully saturated rings. The van der Waals surface area contributed by atoms with Gasteiger partial charge in [0, 0.05) is 24.8 Å². The van der Waals surface area contributed by atoms with Crippen molar-refractivity contribution in [3.05, 3.63) is 95.6 Å². The van der Waals surface area contributed by atoms with Gasteiger partial charge in [0.05, 0.1) is 24.3 Å². The number of hydrogen-bond donors (Lipinski definition) is 0. The highest BCUT2D eigenvalue weighted by atomic mass is 16.5. The van der Waals surface area contributed by atoms with Gasteiger partial charge >= 0.3 is 11.9 Å². The molecule has 0 saturated carbocycles. The lowest BCUT2D eigenvalue weighted by atomic mass is 10.1. The molecule has 0 aliphatic carbocycles. The summed E-state index contributed by atoms with van der Waals surface area (Å²) in [5.74, 6) is -0.894. The van der Waals surface area contributed by atoms with E-state index < -0.39 is 11.9 Å². The minimum absolute atomic E-state index is 0.310. The first-order valence-corrected chi connectivity index (χ1v) is 9.94. The molecule has 0 aliphatic rings. The van der Waals surface area contributed by atoms with Gasteiger partial charge in [-0.15, -0.1) is 0 Å². The molecule has 0 unspecified atom stereocenters. The molecule has 3 rings (SSSR count). The van der Waals surface area contributed by atoms with Gasteiger partial charge in [0.2, 0.25) is 0 Å². The molecule has 3 aromatic rings. The van der Waals surface area contributed by atoms with E-state index in [0.717, 1.165) is 36.8 Å². The minimum Gasteiger partial charge on any atom is -0.462 e. The van der Waals surface area contributed by atoms with Crippen LogP contribution < -0.4 is 0 Å². The summed E-state index contributed by atoms with van der Waals surface area (Å²) in [5.41, 5.74) is 2.97. The van der Waals surface area contributed by atoms with Crippen LogP contribution in [0.5, 0.6) is 0 Å². The van der Waals surface area contributed by atoms with Crippen molar-refractivity contribution in [2.24, 2.45) is 0 Å². The topological polar surface area (TPSA) is 78.4 Å². The molecule has 2 aromatic heterocycles. The Morgan fingerprint density at radius 2 is 1.10 bits per heavy atom. The minimum atomic E-state index is -0.447. The molecule has 0 radical (unpaired) electrons. The van der Waals surface area contributed by atoms with E-state index in [1.165, 1.54) is 6.07 Å². The Bertz CT molecular complexity index is 871. The number of aryl methyl sites for hydroxylation is 2. The van der Waals surface area contributed by atoms with Crippen LogP contribution in [0.2, 0.25) is 0 Å². The van der Waals surface area contributed by atoms with Gasteiger partial charge in [-0.3, -0.25) is 9.97 Å². The van der Waals surface area contributed by atoms with Gasteiger partial charge in [-0.1, -0.05) is 6.07 Å². The number of esters is 2. The zero-order chi connectivity index (χ0) is 21.0. The fourth-order valence-electron chi connectivity index (χ4n) is 2.92. The fourth-order valence-corrected chi connectivity index (χ4v) is 2.92. The van der Waals surface area contributed by atoms with Crippen LogP contribution in [0, 0.1) is 0 Å². The number of rotatable bonds is 10. The van der Waals surface area contributed by atoms with Crippen molar-refractivity contribution in [3.63, 3.8) is 0 Å². The molecule has 1 aromatic carbocycles. The first-order chi connectivity index (χ1) is 14.7. The van der Waals surface area contributed by atoms with Crippen LogP contribution in [-0.4, -0.2) is 35.1 Å². The predicted octanol–water partition coefficient (Wildman–Crippen LogP) is 4.06. The van der Waals surface area contributed by atoms with Crippen LogP contribution in [0.15, 0.2) is 73.3 Å². The third kappa shape index (κ3) is 6.81. The average Bonchev–Trinajstić information content (AvgIpc) is 2.81. The molecule has 6 nitrogen and oxygen atoms in total. The van der Waals surface area contributed by atoms with E-state index in [4.69, 9.17) is 9.47 Å². The summed E-state index contributed by atoms with van der Waals surface area (Å²) in [7, 11) is 0. The van der Waals surface area contributed by atoms with Crippen LogP contribution in [-0.2, 0) is 22.3 Å². The van der Waals surface area contributed by atoms with E-state index in [1.807, 2.05) is 24.3 Å². The van der Waals surface area contributed by atoms with Crippen molar-refractivity contribution >= 4 is 11.9 Å². The quantitative estimate of drug-likeness (QED) is 0.375. The molecule has 2 heterocycles. The lowest BCUT2D eigenvalue weighted by Crippen LogP contribution is -2.11. The fraction of sp³-hybridized carbons (Fsp3) is 0.250. The summed E-state index contributed by atoms with van der Waals surface area (Å²) in [6, 6.07) is 14.2. The number of carbonyl (C=O) groups is 2. The lowest BCUT2D eigenvalue weighted by molar-refractivity contribution is 0.0499. The first kappa shape index (κ1) is 21.2. The Morgan fingerprint density at radius 1 is 0.667 bits per heavy atom. The highest BCUT2D eigenvalue weighted by molar-refractivity contribution is 5.95. The van der Waals surface area contributed by atoms with Gasteiger partial charge in [0.1, 0.15) is 0 Å². The van der Waals surface area contributed by atoms with Crippen molar-refractivity contribution in [3.8, 4) is 0 Å². The van der Waals surface area contributed by atoms with Gasteiger partial charge in [-0.05, 0) is 79.3 Å². The zero-order valence-corrected chi connectivity index (χ0v) is 16.7. The normalized spacial score (nSPS) is 10.4. The van der Waals surface area contributed by atoms with Crippen molar-refractivity contribution in [2.45, 2.75) is 25.7 Å². The molecular weight excluding hydrogens is 380 g/mol. The number of ether oxygens (including phenoxy) is 2. The maximum absolute atomic E-state index is 12.3. The molecule has 0 spiro atoms. The number of benzene rings is 1. The van der Waals surface area contributed by atoms with Gasteiger partial charge in [0.25, 0.3) is 0 Å². The second kappa shape index (κ2) is 11.5. The molecule has 0 bridgehead atoms. The van der Waals surface area contributed by atoms with E-state index in [0.29, 0.717) is 24.3 Å². The van der Waals surface area contributed by atoms with Crippen molar-refractivity contribution in [1.82, 2.24) is 9.97 Å². The maximum Gasteiger partial charge on any atom is 0.338 e. The van der Waals surface area contributed by atoms with Crippen LogP contribution in [0.1, 0.15) is 44.7 Å². The number of aromatic nitrogens is 2. The van der Waals surface area contributed by atoms with Gasteiger partial charge in [-0.2, -0.15) is 0 Å².